The number of hydrogen-bond acceptors (Lipinski definition) is 7. The van der Waals surface area contributed by atoms with E-state index in [1.807, 2.05) is 38.1 Å². The van der Waals surface area contributed by atoms with Crippen molar-refractivity contribution in [2.45, 2.75) is 56.8 Å². The minimum atomic E-state index is -0.260. The van der Waals surface area contributed by atoms with Crippen molar-refractivity contribution in [3.8, 4) is 5.75 Å². The van der Waals surface area contributed by atoms with Crippen LogP contribution in [0.2, 0.25) is 0 Å². The maximum absolute atomic E-state index is 13.2. The van der Waals surface area contributed by atoms with Crippen LogP contribution in [0.15, 0.2) is 34.7 Å². The van der Waals surface area contributed by atoms with Crippen molar-refractivity contribution in [2.24, 2.45) is 5.92 Å². The summed E-state index contributed by atoms with van der Waals surface area (Å²) in [6, 6.07) is 7.45. The zero-order valence-corrected chi connectivity index (χ0v) is 20.5. The fourth-order valence-electron chi connectivity index (χ4n) is 3.61. The first kappa shape index (κ1) is 24.4. The SMILES string of the molecule is CCOC(=O)CSc1cnc(NC(=O)N(CC2CCCC2)c2ccc(OC(C)C)cc2)s1. The van der Waals surface area contributed by atoms with Gasteiger partial charge in [0.25, 0.3) is 0 Å². The number of nitrogens with one attached hydrogen (secondary N) is 1. The molecule has 32 heavy (non-hydrogen) atoms. The number of carbonyl (C=O) groups is 2. The lowest BCUT2D eigenvalue weighted by atomic mass is 10.1. The van der Waals surface area contributed by atoms with Crippen LogP contribution in [-0.2, 0) is 9.53 Å². The zero-order valence-electron chi connectivity index (χ0n) is 18.8. The van der Waals surface area contributed by atoms with Crippen LogP contribution in [0.4, 0.5) is 15.6 Å². The molecule has 1 saturated carbocycles. The van der Waals surface area contributed by atoms with Crippen molar-refractivity contribution in [1.29, 1.82) is 0 Å². The Kier molecular flexibility index (Phi) is 9.23. The van der Waals surface area contributed by atoms with Crippen molar-refractivity contribution < 1.29 is 19.1 Å². The Labute approximate surface area is 197 Å². The molecular weight excluding hydrogens is 446 g/mol. The van der Waals surface area contributed by atoms with E-state index in [4.69, 9.17) is 9.47 Å². The highest BCUT2D eigenvalue weighted by Gasteiger charge is 2.24. The van der Waals surface area contributed by atoms with E-state index in [1.165, 1.54) is 35.9 Å². The highest BCUT2D eigenvalue weighted by Crippen LogP contribution is 2.31. The van der Waals surface area contributed by atoms with Crippen LogP contribution < -0.4 is 15.0 Å². The number of rotatable bonds is 10. The quantitative estimate of drug-likeness (QED) is 0.343. The van der Waals surface area contributed by atoms with Crippen molar-refractivity contribution in [3.05, 3.63) is 30.5 Å². The van der Waals surface area contributed by atoms with Gasteiger partial charge in [-0.05, 0) is 63.8 Å². The van der Waals surface area contributed by atoms with Gasteiger partial charge in [0.05, 0.1) is 28.9 Å². The Morgan fingerprint density at radius 2 is 1.97 bits per heavy atom. The lowest BCUT2D eigenvalue weighted by molar-refractivity contribution is -0.139. The van der Waals surface area contributed by atoms with E-state index in [0.717, 1.165) is 28.5 Å². The smallest absolute Gasteiger partial charge is 0.328 e. The molecule has 1 aliphatic rings. The van der Waals surface area contributed by atoms with Gasteiger partial charge in [0.1, 0.15) is 5.75 Å². The summed E-state index contributed by atoms with van der Waals surface area (Å²) in [5.41, 5.74) is 0.832. The number of ether oxygens (including phenoxy) is 2. The topological polar surface area (TPSA) is 80.8 Å². The average Bonchev–Trinajstić information content (AvgIpc) is 3.43. The third-order valence-corrected chi connectivity index (χ3v) is 7.10. The van der Waals surface area contributed by atoms with Gasteiger partial charge in [-0.25, -0.2) is 9.78 Å². The molecule has 174 valence electrons. The summed E-state index contributed by atoms with van der Waals surface area (Å²) in [5.74, 6) is 1.25. The second kappa shape index (κ2) is 12.1. The molecule has 9 heteroatoms. The summed E-state index contributed by atoms with van der Waals surface area (Å²) in [6.07, 6.45) is 6.49. The van der Waals surface area contributed by atoms with Crippen molar-refractivity contribution in [2.75, 3.05) is 29.1 Å². The van der Waals surface area contributed by atoms with Gasteiger partial charge in [-0.15, -0.1) is 11.8 Å². The van der Waals surface area contributed by atoms with Gasteiger partial charge in [-0.2, -0.15) is 0 Å². The Bertz CT molecular complexity index is 880. The van der Waals surface area contributed by atoms with Crippen LogP contribution >= 0.6 is 23.1 Å². The van der Waals surface area contributed by atoms with E-state index in [1.54, 1.807) is 18.0 Å². The lowest BCUT2D eigenvalue weighted by Crippen LogP contribution is -2.38. The van der Waals surface area contributed by atoms with Crippen molar-refractivity contribution >= 4 is 45.9 Å². The molecule has 0 atom stereocenters. The first-order valence-corrected chi connectivity index (χ1v) is 12.8. The molecule has 1 aromatic carbocycles. The zero-order chi connectivity index (χ0) is 22.9. The van der Waals surface area contributed by atoms with Crippen LogP contribution in [0.3, 0.4) is 0 Å². The molecule has 2 aromatic rings. The van der Waals surface area contributed by atoms with E-state index in [-0.39, 0.29) is 23.9 Å². The molecule has 1 aromatic heterocycles. The van der Waals surface area contributed by atoms with Gasteiger partial charge in [0.2, 0.25) is 0 Å². The number of esters is 1. The van der Waals surface area contributed by atoms with Crippen molar-refractivity contribution in [3.63, 3.8) is 0 Å². The lowest BCUT2D eigenvalue weighted by Gasteiger charge is -2.26. The normalized spacial score (nSPS) is 13.9. The summed E-state index contributed by atoms with van der Waals surface area (Å²) in [5, 5.41) is 3.44. The van der Waals surface area contributed by atoms with Gasteiger partial charge in [0.15, 0.2) is 5.13 Å². The van der Waals surface area contributed by atoms with Crippen LogP contribution in [-0.4, -0.2) is 42.0 Å². The maximum Gasteiger partial charge on any atom is 0.328 e. The maximum atomic E-state index is 13.2. The summed E-state index contributed by atoms with van der Waals surface area (Å²) in [6.45, 7) is 6.80. The molecule has 1 aliphatic carbocycles. The molecule has 0 spiro atoms. The number of thioether (sulfide) groups is 1. The fourth-order valence-corrected chi connectivity index (χ4v) is 5.27. The summed E-state index contributed by atoms with van der Waals surface area (Å²) < 4.78 is 11.5. The molecule has 1 N–H and O–H groups in total. The number of amides is 2. The predicted molar refractivity (Wildman–Crippen MR) is 130 cm³/mol. The van der Waals surface area contributed by atoms with Gasteiger partial charge in [-0.1, -0.05) is 24.2 Å². The number of aromatic nitrogens is 1. The van der Waals surface area contributed by atoms with Crippen molar-refractivity contribution in [1.82, 2.24) is 4.98 Å². The Hall–Kier alpha value is -2.26. The molecule has 1 heterocycles. The van der Waals surface area contributed by atoms with Gasteiger partial charge >= 0.3 is 12.0 Å². The predicted octanol–water partition coefficient (Wildman–Crippen LogP) is 5.81. The summed E-state index contributed by atoms with van der Waals surface area (Å²) in [7, 11) is 0. The van der Waals surface area contributed by atoms with Crippen LogP contribution in [0, 0.1) is 5.92 Å². The first-order chi connectivity index (χ1) is 15.4. The van der Waals surface area contributed by atoms with Gasteiger partial charge in [0, 0.05) is 12.2 Å². The summed E-state index contributed by atoms with van der Waals surface area (Å²) in [4.78, 5) is 30.8. The molecule has 0 radical (unpaired) electrons. The molecule has 2 amide bonds. The molecule has 0 unspecified atom stereocenters. The molecule has 0 bridgehead atoms. The second-order valence-electron chi connectivity index (χ2n) is 7.93. The largest absolute Gasteiger partial charge is 0.491 e. The number of carbonyl (C=O) groups excluding carboxylic acids is 2. The number of nitrogens with zero attached hydrogens (tertiary/aromatic N) is 2. The monoisotopic (exact) mass is 477 g/mol. The number of anilines is 2. The molecule has 7 nitrogen and oxygen atoms in total. The minimum absolute atomic E-state index is 0.0968. The number of thiazole rings is 1. The van der Waals surface area contributed by atoms with Crippen LogP contribution in [0.5, 0.6) is 5.75 Å². The molecule has 0 saturated heterocycles. The standard InChI is InChI=1S/C23H31N3O4S2/c1-4-29-20(27)15-31-21-13-24-22(32-21)25-23(28)26(14-17-7-5-6-8-17)18-9-11-19(12-10-18)30-16(2)3/h9-13,16-17H,4-8,14-15H2,1-3H3,(H,24,25,28). The van der Waals surface area contributed by atoms with E-state index in [9.17, 15) is 9.59 Å². The Morgan fingerprint density at radius 3 is 2.62 bits per heavy atom. The Morgan fingerprint density at radius 1 is 1.25 bits per heavy atom. The van der Waals surface area contributed by atoms with Crippen LogP contribution in [0.1, 0.15) is 46.5 Å². The number of hydrogen-bond donors (Lipinski definition) is 1. The van der Waals surface area contributed by atoms with Gasteiger partial charge < -0.3 is 9.47 Å². The Balaban J connectivity index is 1.66. The van der Waals surface area contributed by atoms with Gasteiger partial charge in [-0.3, -0.25) is 15.0 Å². The summed E-state index contributed by atoms with van der Waals surface area (Å²) >= 11 is 2.71. The van der Waals surface area contributed by atoms with E-state index in [2.05, 4.69) is 10.3 Å². The number of benzene rings is 1. The molecule has 1 fully saturated rings. The highest BCUT2D eigenvalue weighted by molar-refractivity contribution is 8.01. The second-order valence-corrected chi connectivity index (χ2v) is 10.2. The third-order valence-electron chi connectivity index (χ3n) is 5.02. The van der Waals surface area contributed by atoms with Crippen LogP contribution in [0.25, 0.3) is 0 Å². The first-order valence-electron chi connectivity index (χ1n) is 11.0. The molecular formula is C23H31N3O4S2. The fraction of sp³-hybridized carbons (Fsp3) is 0.522. The highest BCUT2D eigenvalue weighted by atomic mass is 32.2. The van der Waals surface area contributed by atoms with E-state index in [0.29, 0.717) is 24.2 Å². The molecule has 0 aliphatic heterocycles. The number of urea groups is 1. The molecule has 3 rings (SSSR count). The van der Waals surface area contributed by atoms with E-state index >= 15 is 0 Å². The third kappa shape index (κ3) is 7.41. The average molecular weight is 478 g/mol. The minimum Gasteiger partial charge on any atom is -0.491 e. The van der Waals surface area contributed by atoms with E-state index < -0.39 is 0 Å².